The van der Waals surface area contributed by atoms with Crippen LogP contribution in [0.2, 0.25) is 0 Å². The molecule has 2 aromatic rings. The molecule has 1 aliphatic rings. The average molecular weight is 317 g/mol. The quantitative estimate of drug-likeness (QED) is 0.467. The predicted molar refractivity (Wildman–Crippen MR) is 64.4 cm³/mol. The molecular weight excluding hydrogens is 308 g/mol. The average Bonchev–Trinajstić information content (AvgIpc) is 2.75. The molecule has 2 heterocycles. The number of hydrogen-bond donors (Lipinski definition) is 0. The third-order valence-electron chi connectivity index (χ3n) is 2.86. The van der Waals surface area contributed by atoms with Crippen molar-refractivity contribution >= 4 is 53.3 Å². The third-order valence-corrected chi connectivity index (χ3v) is 2.86. The monoisotopic (exact) mass is 317 g/mol. The first kappa shape index (κ1) is 14.2. The van der Waals surface area contributed by atoms with E-state index in [1.54, 1.807) is 12.1 Å². The number of ether oxygens (including phenoxy) is 1. The van der Waals surface area contributed by atoms with E-state index in [0.29, 0.717) is 12.1 Å². The number of rotatable bonds is 3. The Bertz CT molecular complexity index is 544. The summed E-state index contributed by atoms with van der Waals surface area (Å²) in [5.41, 5.74) is -0.0133. The van der Waals surface area contributed by atoms with Gasteiger partial charge < -0.3 is 15.8 Å². The van der Waals surface area contributed by atoms with E-state index < -0.39 is 11.6 Å². The molecular formula is C11H9BFN3OSr. The molecule has 0 amide bonds. The van der Waals surface area contributed by atoms with E-state index in [2.05, 4.69) is 16.4 Å². The predicted octanol–water partition coefficient (Wildman–Crippen LogP) is 0.369. The van der Waals surface area contributed by atoms with Crippen LogP contribution in [0.15, 0.2) is 30.6 Å². The van der Waals surface area contributed by atoms with E-state index >= 15 is 0 Å². The Labute approximate surface area is 144 Å². The van der Waals surface area contributed by atoms with Crippen molar-refractivity contribution in [2.45, 2.75) is 18.1 Å². The van der Waals surface area contributed by atoms with E-state index in [1.165, 1.54) is 23.1 Å². The van der Waals surface area contributed by atoms with Crippen molar-refractivity contribution in [1.29, 1.82) is 0 Å². The zero-order chi connectivity index (χ0) is 11.9. The smallest absolute Gasteiger partial charge is 1.00 e. The fourth-order valence-corrected chi connectivity index (χ4v) is 1.90. The maximum absolute atomic E-state index is 13.2. The minimum Gasteiger partial charge on any atom is -1.00 e. The van der Waals surface area contributed by atoms with Gasteiger partial charge >= 0.3 is 45.5 Å². The molecule has 2 atom stereocenters. The molecule has 0 saturated carbocycles. The SMILES string of the molecule is [B]C1OC1(Cn1[c-]ncn1)c1cccc(F)c1.[H-].[Sr+2]. The number of epoxide rings is 1. The summed E-state index contributed by atoms with van der Waals surface area (Å²) in [4.78, 5) is 3.73. The van der Waals surface area contributed by atoms with Gasteiger partial charge in [0, 0.05) is 0 Å². The Morgan fingerprint density at radius 1 is 1.61 bits per heavy atom. The molecule has 18 heavy (non-hydrogen) atoms. The second-order valence-corrected chi connectivity index (χ2v) is 3.96. The Morgan fingerprint density at radius 3 is 2.94 bits per heavy atom. The van der Waals surface area contributed by atoms with Gasteiger partial charge in [0.05, 0.1) is 12.5 Å². The van der Waals surface area contributed by atoms with Crippen LogP contribution in [0.5, 0.6) is 0 Å². The maximum atomic E-state index is 13.2. The van der Waals surface area contributed by atoms with Crippen molar-refractivity contribution in [3.05, 3.63) is 48.3 Å². The van der Waals surface area contributed by atoms with Crippen molar-refractivity contribution < 1.29 is 10.6 Å². The van der Waals surface area contributed by atoms with Crippen molar-refractivity contribution in [2.75, 3.05) is 0 Å². The number of benzene rings is 1. The van der Waals surface area contributed by atoms with E-state index in [-0.39, 0.29) is 52.7 Å². The first-order valence-corrected chi connectivity index (χ1v) is 5.16. The first-order chi connectivity index (χ1) is 8.21. The van der Waals surface area contributed by atoms with Crippen molar-refractivity contribution in [3.63, 3.8) is 0 Å². The minimum absolute atomic E-state index is 0. The number of aromatic nitrogens is 3. The molecule has 86 valence electrons. The van der Waals surface area contributed by atoms with Gasteiger partial charge in [-0.1, -0.05) is 12.1 Å². The molecule has 0 spiro atoms. The van der Waals surface area contributed by atoms with Gasteiger partial charge in [-0.15, -0.1) is 0 Å². The fraction of sp³-hybridized carbons (Fsp3) is 0.273. The normalized spacial score (nSPS) is 25.5. The first-order valence-electron chi connectivity index (χ1n) is 5.16. The summed E-state index contributed by atoms with van der Waals surface area (Å²) in [7, 11) is 5.78. The van der Waals surface area contributed by atoms with Crippen molar-refractivity contribution in [3.8, 4) is 0 Å². The number of halogens is 1. The van der Waals surface area contributed by atoms with Crippen LogP contribution in [0, 0.1) is 12.1 Å². The molecule has 0 N–H and O–H groups in total. The Balaban J connectivity index is 0.000000902. The largest absolute Gasteiger partial charge is 2.00 e. The minimum atomic E-state index is -0.716. The van der Waals surface area contributed by atoms with Gasteiger partial charge in [-0.2, -0.15) is 0 Å². The molecule has 0 bridgehead atoms. The standard InChI is InChI=1S/C11H8BFN3O.Sr.H/c12-10-11(17-10,5-16-7-14-6-15-16)8-2-1-3-9(13)4-8;;/h1-4,6,10H,5H2;;/q-1;+2;-1. The molecule has 2 unspecified atom stereocenters. The van der Waals surface area contributed by atoms with Gasteiger partial charge in [0.1, 0.15) is 19.3 Å². The summed E-state index contributed by atoms with van der Waals surface area (Å²) in [6.07, 6.45) is 4.05. The molecule has 1 aromatic heterocycles. The molecule has 1 fully saturated rings. The summed E-state index contributed by atoms with van der Waals surface area (Å²) in [5.74, 6) is -0.313. The molecule has 2 radical (unpaired) electrons. The van der Waals surface area contributed by atoms with Crippen LogP contribution in [-0.2, 0) is 16.9 Å². The van der Waals surface area contributed by atoms with Gasteiger partial charge in [-0.3, -0.25) is 5.10 Å². The summed E-state index contributed by atoms with van der Waals surface area (Å²) in [5, 5.41) is 3.94. The molecule has 1 saturated heterocycles. The summed E-state index contributed by atoms with van der Waals surface area (Å²) in [6, 6.07) is 5.76. The topological polar surface area (TPSA) is 43.2 Å². The van der Waals surface area contributed by atoms with Crippen LogP contribution >= 0.6 is 0 Å². The summed E-state index contributed by atoms with van der Waals surface area (Å²) in [6.45, 7) is 0.373. The molecule has 4 nitrogen and oxygen atoms in total. The van der Waals surface area contributed by atoms with Crippen LogP contribution in [0.3, 0.4) is 0 Å². The van der Waals surface area contributed by atoms with Crippen LogP contribution in [0.4, 0.5) is 4.39 Å². The van der Waals surface area contributed by atoms with Crippen LogP contribution < -0.4 is 0 Å². The fourth-order valence-electron chi connectivity index (χ4n) is 1.90. The van der Waals surface area contributed by atoms with Crippen LogP contribution in [0.1, 0.15) is 6.99 Å². The van der Waals surface area contributed by atoms with E-state index in [0.717, 1.165) is 0 Å². The van der Waals surface area contributed by atoms with Gasteiger partial charge in [0.25, 0.3) is 0 Å². The molecule has 7 heteroatoms. The van der Waals surface area contributed by atoms with Gasteiger partial charge in [-0.25, -0.2) is 4.39 Å². The molecule has 3 rings (SSSR count). The van der Waals surface area contributed by atoms with Crippen LogP contribution in [-0.4, -0.2) is 74.1 Å². The summed E-state index contributed by atoms with van der Waals surface area (Å²) < 4.78 is 20.1. The molecule has 1 aromatic carbocycles. The second-order valence-electron chi connectivity index (χ2n) is 3.96. The van der Waals surface area contributed by atoms with E-state index in [4.69, 9.17) is 12.6 Å². The second kappa shape index (κ2) is 5.42. The zero-order valence-corrected chi connectivity index (χ0v) is 13.1. The van der Waals surface area contributed by atoms with Gasteiger partial charge in [0.15, 0.2) is 0 Å². The van der Waals surface area contributed by atoms with Crippen molar-refractivity contribution in [1.82, 2.24) is 14.8 Å². The van der Waals surface area contributed by atoms with Gasteiger partial charge in [-0.05, 0) is 30.4 Å². The summed E-state index contributed by atoms with van der Waals surface area (Å²) >= 11 is 0. The Kier molecular flexibility index (Phi) is 4.28. The third kappa shape index (κ3) is 2.55. The van der Waals surface area contributed by atoms with E-state index in [1.807, 2.05) is 0 Å². The number of nitrogens with zero attached hydrogens (tertiary/aromatic N) is 3. The maximum Gasteiger partial charge on any atom is 2.00 e. The number of hydrogen-bond acceptors (Lipinski definition) is 3. The van der Waals surface area contributed by atoms with E-state index in [9.17, 15) is 4.39 Å². The zero-order valence-electron chi connectivity index (χ0n) is 10.6. The Morgan fingerprint density at radius 2 is 2.39 bits per heavy atom. The van der Waals surface area contributed by atoms with Crippen molar-refractivity contribution in [2.24, 2.45) is 0 Å². The van der Waals surface area contributed by atoms with Crippen LogP contribution in [0.25, 0.3) is 0 Å². The Hall–Kier alpha value is -0.205. The molecule has 1 aliphatic heterocycles. The van der Waals surface area contributed by atoms with Gasteiger partial charge in [0.2, 0.25) is 0 Å². The molecule has 0 aliphatic carbocycles.